The average molecular weight is 259 g/mol. The van der Waals surface area contributed by atoms with E-state index in [1.165, 1.54) is 5.75 Å². The fraction of sp³-hybridized carbons (Fsp3) is 0.923. The van der Waals surface area contributed by atoms with Gasteiger partial charge in [0.25, 0.3) is 0 Å². The van der Waals surface area contributed by atoms with Crippen molar-refractivity contribution in [1.29, 1.82) is 0 Å². The van der Waals surface area contributed by atoms with Gasteiger partial charge in [-0.1, -0.05) is 20.8 Å². The number of thioether (sulfide) groups is 1. The molecule has 3 nitrogen and oxygen atoms in total. The van der Waals surface area contributed by atoms with Gasteiger partial charge in [0.1, 0.15) is 5.54 Å². The van der Waals surface area contributed by atoms with Crippen LogP contribution in [0.3, 0.4) is 0 Å². The molecule has 0 bridgehead atoms. The minimum Gasteiger partial charge on any atom is -0.480 e. The van der Waals surface area contributed by atoms with Crippen molar-refractivity contribution < 1.29 is 9.90 Å². The zero-order valence-electron chi connectivity index (χ0n) is 11.6. The van der Waals surface area contributed by atoms with Crippen LogP contribution in [0.15, 0.2) is 0 Å². The van der Waals surface area contributed by atoms with Gasteiger partial charge in [-0.15, -0.1) is 0 Å². The summed E-state index contributed by atoms with van der Waals surface area (Å²) in [4.78, 5) is 13.6. The number of carboxylic acid groups (broad SMARTS) is 1. The maximum Gasteiger partial charge on any atom is 0.323 e. The third-order valence-corrected chi connectivity index (χ3v) is 5.07. The highest BCUT2D eigenvalue weighted by atomic mass is 32.2. The second-order valence-electron chi connectivity index (χ2n) is 5.98. The fourth-order valence-corrected chi connectivity index (χ4v) is 4.25. The van der Waals surface area contributed by atoms with Crippen molar-refractivity contribution in [3.05, 3.63) is 0 Å². The molecular formula is C13H25NO2S. The van der Waals surface area contributed by atoms with Gasteiger partial charge >= 0.3 is 5.97 Å². The topological polar surface area (TPSA) is 40.5 Å². The molecule has 1 aliphatic heterocycles. The molecule has 0 aromatic rings. The van der Waals surface area contributed by atoms with Crippen LogP contribution in [0.25, 0.3) is 0 Å². The molecule has 0 amide bonds. The lowest BCUT2D eigenvalue weighted by Crippen LogP contribution is -2.60. The summed E-state index contributed by atoms with van der Waals surface area (Å²) in [6.45, 7) is 11.0. The molecule has 1 fully saturated rings. The summed E-state index contributed by atoms with van der Waals surface area (Å²) >= 11 is 1.94. The van der Waals surface area contributed by atoms with Crippen molar-refractivity contribution in [2.24, 2.45) is 5.41 Å². The van der Waals surface area contributed by atoms with Gasteiger partial charge in [0.15, 0.2) is 0 Å². The van der Waals surface area contributed by atoms with Gasteiger partial charge in [-0.2, -0.15) is 11.8 Å². The zero-order chi connectivity index (χ0) is 13.3. The summed E-state index contributed by atoms with van der Waals surface area (Å²) in [5.74, 6) is 1.50. The first-order valence-electron chi connectivity index (χ1n) is 6.31. The molecule has 4 heteroatoms. The Kier molecular flexibility index (Phi) is 4.53. The minimum atomic E-state index is -0.783. The molecule has 1 unspecified atom stereocenters. The van der Waals surface area contributed by atoms with Crippen molar-refractivity contribution >= 4 is 17.7 Å². The van der Waals surface area contributed by atoms with E-state index in [0.29, 0.717) is 6.04 Å². The Morgan fingerprint density at radius 2 is 2.12 bits per heavy atom. The largest absolute Gasteiger partial charge is 0.480 e. The second kappa shape index (κ2) is 5.19. The van der Waals surface area contributed by atoms with Crippen LogP contribution in [0.5, 0.6) is 0 Å². The quantitative estimate of drug-likeness (QED) is 0.843. The normalized spacial score (nSPS) is 24.9. The van der Waals surface area contributed by atoms with Crippen LogP contribution in [0.2, 0.25) is 0 Å². The number of carbonyl (C=O) groups is 1. The van der Waals surface area contributed by atoms with Crippen LogP contribution in [-0.4, -0.2) is 45.6 Å². The van der Waals surface area contributed by atoms with E-state index < -0.39 is 11.5 Å². The van der Waals surface area contributed by atoms with Crippen LogP contribution < -0.4 is 0 Å². The highest BCUT2D eigenvalue weighted by molar-refractivity contribution is 7.99. The number of hydrogen-bond donors (Lipinski definition) is 1. The first-order valence-corrected chi connectivity index (χ1v) is 7.47. The highest BCUT2D eigenvalue weighted by Crippen LogP contribution is 2.39. The van der Waals surface area contributed by atoms with Crippen molar-refractivity contribution in [3.8, 4) is 0 Å². The van der Waals surface area contributed by atoms with E-state index in [-0.39, 0.29) is 5.41 Å². The molecule has 0 saturated carbocycles. The Morgan fingerprint density at radius 3 is 2.53 bits per heavy atom. The zero-order valence-corrected chi connectivity index (χ0v) is 12.4. The minimum absolute atomic E-state index is 0.202. The molecule has 100 valence electrons. The van der Waals surface area contributed by atoms with E-state index in [1.54, 1.807) is 0 Å². The monoisotopic (exact) mass is 259 g/mol. The highest BCUT2D eigenvalue weighted by Gasteiger charge is 2.44. The summed E-state index contributed by atoms with van der Waals surface area (Å²) in [7, 11) is 0. The first-order chi connectivity index (χ1) is 7.73. The number of carboxylic acids is 1. The number of nitrogens with zero attached hydrogens (tertiary/aromatic N) is 1. The van der Waals surface area contributed by atoms with E-state index in [9.17, 15) is 9.90 Å². The molecular weight excluding hydrogens is 234 g/mol. The lowest BCUT2D eigenvalue weighted by molar-refractivity contribution is -0.152. The van der Waals surface area contributed by atoms with E-state index in [1.807, 2.05) is 25.6 Å². The lowest BCUT2D eigenvalue weighted by Gasteiger charge is -2.49. The van der Waals surface area contributed by atoms with E-state index >= 15 is 0 Å². The SMILES string of the molecule is CCN(C1CSCCC1(C)C)C(C)(C)C(=O)O. The summed E-state index contributed by atoms with van der Waals surface area (Å²) in [5.41, 5.74) is -0.581. The van der Waals surface area contributed by atoms with Gasteiger partial charge in [0.2, 0.25) is 0 Å². The van der Waals surface area contributed by atoms with Gasteiger partial charge in [-0.3, -0.25) is 9.69 Å². The van der Waals surface area contributed by atoms with Crippen LogP contribution in [0, 0.1) is 5.41 Å². The molecule has 17 heavy (non-hydrogen) atoms. The van der Waals surface area contributed by atoms with Crippen molar-refractivity contribution in [2.75, 3.05) is 18.1 Å². The maximum absolute atomic E-state index is 11.4. The third-order valence-electron chi connectivity index (χ3n) is 4.03. The number of likely N-dealkylation sites (N-methyl/N-ethyl adjacent to an activating group) is 1. The summed E-state index contributed by atoms with van der Waals surface area (Å²) in [5, 5.41) is 9.40. The van der Waals surface area contributed by atoms with Crippen LogP contribution in [0.4, 0.5) is 0 Å². The molecule has 0 radical (unpaired) electrons. The van der Waals surface area contributed by atoms with Crippen molar-refractivity contribution in [1.82, 2.24) is 4.90 Å². The Morgan fingerprint density at radius 1 is 1.53 bits per heavy atom. The Bertz CT molecular complexity index is 289. The van der Waals surface area contributed by atoms with Crippen molar-refractivity contribution in [2.45, 2.75) is 52.6 Å². The predicted molar refractivity (Wildman–Crippen MR) is 73.6 cm³/mol. The fourth-order valence-electron chi connectivity index (χ4n) is 2.56. The Hall–Kier alpha value is -0.220. The molecule has 1 rings (SSSR count). The molecule has 0 aliphatic carbocycles. The molecule has 0 aromatic heterocycles. The number of hydrogen-bond acceptors (Lipinski definition) is 3. The predicted octanol–water partition coefficient (Wildman–Crippen LogP) is 2.70. The van der Waals surface area contributed by atoms with Crippen LogP contribution >= 0.6 is 11.8 Å². The van der Waals surface area contributed by atoms with E-state index in [0.717, 1.165) is 18.7 Å². The average Bonchev–Trinajstić information content (AvgIpc) is 2.20. The van der Waals surface area contributed by atoms with Gasteiger partial charge in [-0.05, 0) is 38.0 Å². The van der Waals surface area contributed by atoms with Gasteiger partial charge < -0.3 is 5.11 Å². The van der Waals surface area contributed by atoms with Crippen molar-refractivity contribution in [3.63, 3.8) is 0 Å². The third kappa shape index (κ3) is 2.97. The maximum atomic E-state index is 11.4. The van der Waals surface area contributed by atoms with Gasteiger partial charge in [-0.25, -0.2) is 0 Å². The van der Waals surface area contributed by atoms with Crippen LogP contribution in [-0.2, 0) is 4.79 Å². The molecule has 1 saturated heterocycles. The number of rotatable bonds is 4. The Labute approximate surface area is 109 Å². The van der Waals surface area contributed by atoms with Crippen LogP contribution in [0.1, 0.15) is 41.0 Å². The molecule has 1 atom stereocenters. The van der Waals surface area contributed by atoms with Gasteiger partial charge in [0.05, 0.1) is 0 Å². The molecule has 0 spiro atoms. The molecule has 1 N–H and O–H groups in total. The summed E-state index contributed by atoms with van der Waals surface area (Å²) in [6, 6.07) is 0.345. The lowest BCUT2D eigenvalue weighted by atomic mass is 9.79. The molecule has 0 aromatic carbocycles. The number of aliphatic carboxylic acids is 1. The molecule has 1 aliphatic rings. The van der Waals surface area contributed by atoms with E-state index in [4.69, 9.17) is 0 Å². The first kappa shape index (κ1) is 14.8. The summed E-state index contributed by atoms with van der Waals surface area (Å²) < 4.78 is 0. The van der Waals surface area contributed by atoms with Gasteiger partial charge in [0, 0.05) is 11.8 Å². The molecule has 1 heterocycles. The standard InChI is InChI=1S/C13H25NO2S/c1-6-14(13(4,5)11(15)16)10-9-17-8-7-12(10,2)3/h10H,6-9H2,1-5H3,(H,15,16). The smallest absolute Gasteiger partial charge is 0.323 e. The summed E-state index contributed by atoms with van der Waals surface area (Å²) in [6.07, 6.45) is 1.16. The Balaban J connectivity index is 2.97. The van der Waals surface area contributed by atoms with E-state index in [2.05, 4.69) is 25.7 Å². The second-order valence-corrected chi connectivity index (χ2v) is 7.13.